The lowest BCUT2D eigenvalue weighted by Gasteiger charge is -2.18. The Balaban J connectivity index is 2.68. The molecule has 0 aromatic heterocycles. The fraction of sp³-hybridized carbons (Fsp3) is 0.154. The molecule has 1 aromatic rings. The zero-order valence-corrected chi connectivity index (χ0v) is 11.8. The van der Waals surface area contributed by atoms with Crippen LogP contribution in [-0.2, 0) is 18.6 Å². The molecule has 0 saturated heterocycles. The topological polar surface area (TPSA) is 82.1 Å². The summed E-state index contributed by atoms with van der Waals surface area (Å²) in [6.07, 6.45) is -0.364. The number of carbonyl (C=O) groups is 1. The van der Waals surface area contributed by atoms with E-state index in [9.17, 15) is 14.3 Å². The van der Waals surface area contributed by atoms with Crippen LogP contribution in [-0.4, -0.2) is 17.2 Å². The molecule has 0 saturated carbocycles. The van der Waals surface area contributed by atoms with Gasteiger partial charge in [-0.15, -0.1) is 0 Å². The summed E-state index contributed by atoms with van der Waals surface area (Å²) < 4.78 is 26.0. The van der Waals surface area contributed by atoms with Gasteiger partial charge in [0.1, 0.15) is 5.75 Å². The highest BCUT2D eigenvalue weighted by molar-refractivity contribution is 7.47. The Morgan fingerprint density at radius 1 is 1.40 bits per heavy atom. The molecule has 108 valence electrons. The van der Waals surface area contributed by atoms with E-state index in [1.807, 2.05) is 0 Å². The summed E-state index contributed by atoms with van der Waals surface area (Å²) >= 11 is 0. The lowest BCUT2D eigenvalue weighted by molar-refractivity contribution is -0.153. The van der Waals surface area contributed by atoms with Crippen molar-refractivity contribution in [3.05, 3.63) is 55.1 Å². The van der Waals surface area contributed by atoms with Crippen molar-refractivity contribution in [2.75, 3.05) is 0 Å². The van der Waals surface area contributed by atoms with Gasteiger partial charge in [0.05, 0.1) is 0 Å². The standard InChI is InChI=1S/C13H15O6P/c1-4-12(17-13(14)10(2)3)19-20(15,16)18-11-8-6-5-7-9-11/h4-9,12H,1-2H2,3H3,(H,15,16). The van der Waals surface area contributed by atoms with E-state index in [0.29, 0.717) is 0 Å². The van der Waals surface area contributed by atoms with Gasteiger partial charge in [-0.2, -0.15) is 0 Å². The number of benzene rings is 1. The van der Waals surface area contributed by atoms with Gasteiger partial charge in [0, 0.05) is 5.57 Å². The number of para-hydroxylation sites is 1. The van der Waals surface area contributed by atoms with Gasteiger partial charge in [0.15, 0.2) is 0 Å². The number of hydrogen-bond acceptors (Lipinski definition) is 5. The maximum absolute atomic E-state index is 11.8. The molecular formula is C13H15O6P. The molecule has 0 heterocycles. The molecule has 0 spiro atoms. The number of ether oxygens (including phenoxy) is 1. The van der Waals surface area contributed by atoms with Gasteiger partial charge >= 0.3 is 13.8 Å². The van der Waals surface area contributed by atoms with Gasteiger partial charge in [-0.25, -0.2) is 13.9 Å². The van der Waals surface area contributed by atoms with E-state index in [0.717, 1.165) is 6.08 Å². The van der Waals surface area contributed by atoms with E-state index in [4.69, 9.17) is 13.8 Å². The molecule has 0 amide bonds. The lowest BCUT2D eigenvalue weighted by Crippen LogP contribution is -2.19. The Labute approximate surface area is 116 Å². The van der Waals surface area contributed by atoms with Crippen LogP contribution in [0.3, 0.4) is 0 Å². The van der Waals surface area contributed by atoms with E-state index in [2.05, 4.69) is 13.2 Å². The minimum absolute atomic E-state index is 0.122. The zero-order valence-electron chi connectivity index (χ0n) is 10.9. The van der Waals surface area contributed by atoms with E-state index in [1.54, 1.807) is 18.2 Å². The molecule has 7 heteroatoms. The number of phosphoric ester groups is 1. The Bertz CT molecular complexity index is 539. The highest BCUT2D eigenvalue weighted by Gasteiger charge is 2.29. The first-order valence-electron chi connectivity index (χ1n) is 5.59. The van der Waals surface area contributed by atoms with Gasteiger partial charge in [-0.3, -0.25) is 4.89 Å². The molecule has 2 unspecified atom stereocenters. The Hall–Kier alpha value is -1.88. The largest absolute Gasteiger partial charge is 0.530 e. The van der Waals surface area contributed by atoms with Crippen molar-refractivity contribution < 1.29 is 28.0 Å². The zero-order chi connectivity index (χ0) is 15.2. The highest BCUT2D eigenvalue weighted by atomic mass is 31.2. The quantitative estimate of drug-likeness (QED) is 0.274. The van der Waals surface area contributed by atoms with Crippen LogP contribution in [0, 0.1) is 0 Å². The molecule has 1 rings (SSSR count). The molecular weight excluding hydrogens is 283 g/mol. The van der Waals surface area contributed by atoms with E-state index < -0.39 is 20.1 Å². The van der Waals surface area contributed by atoms with Crippen LogP contribution in [0.5, 0.6) is 5.75 Å². The molecule has 1 N–H and O–H groups in total. The first kappa shape index (κ1) is 16.2. The molecule has 6 nitrogen and oxygen atoms in total. The highest BCUT2D eigenvalue weighted by Crippen LogP contribution is 2.45. The smallest absolute Gasteiger partial charge is 0.428 e. The van der Waals surface area contributed by atoms with Gasteiger partial charge < -0.3 is 9.26 Å². The van der Waals surface area contributed by atoms with E-state index in [1.165, 1.54) is 19.1 Å². The van der Waals surface area contributed by atoms with Crippen molar-refractivity contribution in [2.45, 2.75) is 13.2 Å². The Kier molecular flexibility index (Phi) is 5.70. The van der Waals surface area contributed by atoms with Crippen LogP contribution in [0.2, 0.25) is 0 Å². The SMILES string of the molecule is C=CC(OC(=O)C(=C)C)OP(=O)(O)Oc1ccccc1. The maximum Gasteiger partial charge on any atom is 0.530 e. The average Bonchev–Trinajstić information content (AvgIpc) is 2.37. The van der Waals surface area contributed by atoms with Gasteiger partial charge in [0.2, 0.25) is 6.29 Å². The number of esters is 1. The average molecular weight is 298 g/mol. The second-order valence-electron chi connectivity index (χ2n) is 3.77. The van der Waals surface area contributed by atoms with E-state index in [-0.39, 0.29) is 11.3 Å². The van der Waals surface area contributed by atoms with Crippen LogP contribution >= 0.6 is 7.82 Å². The van der Waals surface area contributed by atoms with Crippen LogP contribution < -0.4 is 4.52 Å². The Morgan fingerprint density at radius 3 is 2.50 bits per heavy atom. The molecule has 0 bridgehead atoms. The Morgan fingerprint density at radius 2 is 2.00 bits per heavy atom. The summed E-state index contributed by atoms with van der Waals surface area (Å²) in [5.41, 5.74) is 0.122. The van der Waals surface area contributed by atoms with Gasteiger partial charge in [-0.1, -0.05) is 31.4 Å². The predicted molar refractivity (Wildman–Crippen MR) is 72.9 cm³/mol. The van der Waals surface area contributed by atoms with Gasteiger partial charge in [0.25, 0.3) is 0 Å². The van der Waals surface area contributed by atoms with Crippen molar-refractivity contribution in [2.24, 2.45) is 0 Å². The second-order valence-corrected chi connectivity index (χ2v) is 5.10. The van der Waals surface area contributed by atoms with Crippen LogP contribution in [0.1, 0.15) is 6.92 Å². The number of rotatable bonds is 7. The normalized spacial score (nSPS) is 14.7. The van der Waals surface area contributed by atoms with Crippen molar-refractivity contribution >= 4 is 13.8 Å². The molecule has 0 aliphatic heterocycles. The first-order chi connectivity index (χ1) is 9.34. The third-order valence-electron chi connectivity index (χ3n) is 1.97. The fourth-order valence-electron chi connectivity index (χ4n) is 1.09. The monoisotopic (exact) mass is 298 g/mol. The summed E-state index contributed by atoms with van der Waals surface area (Å²) in [6.45, 7) is 8.16. The van der Waals surface area contributed by atoms with Crippen LogP contribution in [0.25, 0.3) is 0 Å². The summed E-state index contributed by atoms with van der Waals surface area (Å²) in [6, 6.07) is 7.93. The van der Waals surface area contributed by atoms with E-state index >= 15 is 0 Å². The maximum atomic E-state index is 11.8. The summed E-state index contributed by atoms with van der Waals surface area (Å²) in [5.74, 6) is -0.623. The molecule has 0 fully saturated rings. The minimum Gasteiger partial charge on any atom is -0.428 e. The van der Waals surface area contributed by atoms with Crippen molar-refractivity contribution in [1.82, 2.24) is 0 Å². The molecule has 0 radical (unpaired) electrons. The lowest BCUT2D eigenvalue weighted by atomic mass is 10.3. The molecule has 0 aliphatic carbocycles. The van der Waals surface area contributed by atoms with Crippen molar-refractivity contribution in [3.8, 4) is 5.75 Å². The number of phosphoric acid groups is 1. The summed E-state index contributed by atoms with van der Waals surface area (Å²) in [7, 11) is -4.45. The molecule has 0 aliphatic rings. The summed E-state index contributed by atoms with van der Waals surface area (Å²) in [4.78, 5) is 20.9. The van der Waals surface area contributed by atoms with Gasteiger partial charge in [-0.05, 0) is 25.1 Å². The minimum atomic E-state index is -4.45. The number of hydrogen-bond donors (Lipinski definition) is 1. The molecule has 20 heavy (non-hydrogen) atoms. The summed E-state index contributed by atoms with van der Waals surface area (Å²) in [5, 5.41) is 0. The first-order valence-corrected chi connectivity index (χ1v) is 7.08. The fourth-order valence-corrected chi connectivity index (χ4v) is 1.91. The number of carbonyl (C=O) groups excluding carboxylic acids is 1. The molecule has 2 atom stereocenters. The van der Waals surface area contributed by atoms with Crippen molar-refractivity contribution in [1.29, 1.82) is 0 Å². The predicted octanol–water partition coefficient (Wildman–Crippen LogP) is 2.81. The third-order valence-corrected chi connectivity index (χ3v) is 2.88. The van der Waals surface area contributed by atoms with Crippen molar-refractivity contribution in [3.63, 3.8) is 0 Å². The second kappa shape index (κ2) is 7.05. The van der Waals surface area contributed by atoms with Crippen LogP contribution in [0.15, 0.2) is 55.1 Å². The third kappa shape index (κ3) is 5.40. The van der Waals surface area contributed by atoms with Crippen LogP contribution in [0.4, 0.5) is 0 Å². The molecule has 1 aromatic carbocycles.